The number of ether oxygens (including phenoxy) is 1. The van der Waals surface area contributed by atoms with Crippen LogP contribution in [0, 0.1) is 0 Å². The molecule has 0 aliphatic heterocycles. The first-order valence-electron chi connectivity index (χ1n) is 7.49. The molecular formula is C17H20N2O4. The van der Waals surface area contributed by atoms with Crippen LogP contribution in [0.1, 0.15) is 29.5 Å². The van der Waals surface area contributed by atoms with Gasteiger partial charge in [0.05, 0.1) is 25.0 Å². The fraction of sp³-hybridized carbons (Fsp3) is 0.294. The van der Waals surface area contributed by atoms with Crippen molar-refractivity contribution in [1.29, 1.82) is 0 Å². The van der Waals surface area contributed by atoms with E-state index in [1.807, 2.05) is 6.07 Å². The van der Waals surface area contributed by atoms with Crippen molar-refractivity contribution in [2.24, 2.45) is 0 Å². The average Bonchev–Trinajstić information content (AvgIpc) is 3.07. The minimum absolute atomic E-state index is 0.0583. The van der Waals surface area contributed by atoms with E-state index in [-0.39, 0.29) is 11.9 Å². The Hall–Kier alpha value is -2.76. The van der Waals surface area contributed by atoms with Crippen LogP contribution in [0.2, 0.25) is 0 Å². The quantitative estimate of drug-likeness (QED) is 0.732. The number of esters is 1. The Morgan fingerprint density at radius 1 is 1.17 bits per heavy atom. The van der Waals surface area contributed by atoms with E-state index < -0.39 is 0 Å². The molecule has 0 unspecified atom stereocenters. The predicted molar refractivity (Wildman–Crippen MR) is 86.1 cm³/mol. The molecule has 0 saturated carbocycles. The van der Waals surface area contributed by atoms with E-state index in [1.54, 1.807) is 43.5 Å². The number of amides is 1. The zero-order valence-electron chi connectivity index (χ0n) is 13.0. The number of hydrogen-bond donors (Lipinski definition) is 2. The van der Waals surface area contributed by atoms with Crippen LogP contribution in [-0.2, 0) is 16.1 Å². The van der Waals surface area contributed by atoms with Gasteiger partial charge in [0.2, 0.25) is 5.91 Å². The Balaban J connectivity index is 1.69. The molecule has 1 aromatic carbocycles. The van der Waals surface area contributed by atoms with Gasteiger partial charge in [-0.05, 0) is 43.3 Å². The van der Waals surface area contributed by atoms with Crippen LogP contribution in [0.5, 0.6) is 0 Å². The Morgan fingerprint density at radius 3 is 2.61 bits per heavy atom. The molecule has 0 aliphatic carbocycles. The minimum atomic E-state index is -0.337. The number of hydrogen-bond acceptors (Lipinski definition) is 5. The summed E-state index contributed by atoms with van der Waals surface area (Å²) in [4.78, 5) is 23.2. The van der Waals surface area contributed by atoms with Crippen LogP contribution in [0.3, 0.4) is 0 Å². The topological polar surface area (TPSA) is 80.6 Å². The number of carbonyl (C=O) groups is 2. The second-order valence-corrected chi connectivity index (χ2v) is 4.83. The van der Waals surface area contributed by atoms with Gasteiger partial charge in [0.15, 0.2) is 0 Å². The van der Waals surface area contributed by atoms with Gasteiger partial charge in [0, 0.05) is 18.7 Å². The molecule has 0 aliphatic rings. The smallest absolute Gasteiger partial charge is 0.338 e. The van der Waals surface area contributed by atoms with Crippen molar-refractivity contribution in [3.8, 4) is 0 Å². The second kappa shape index (κ2) is 8.63. The van der Waals surface area contributed by atoms with E-state index in [0.717, 1.165) is 11.4 Å². The molecule has 1 aromatic heterocycles. The van der Waals surface area contributed by atoms with Gasteiger partial charge in [-0.25, -0.2) is 4.79 Å². The first-order chi connectivity index (χ1) is 11.2. The maximum Gasteiger partial charge on any atom is 0.338 e. The maximum absolute atomic E-state index is 11.7. The minimum Gasteiger partial charge on any atom is -0.467 e. The lowest BCUT2D eigenvalue weighted by Crippen LogP contribution is -2.24. The molecule has 2 aromatic rings. The van der Waals surface area contributed by atoms with Gasteiger partial charge in [0.1, 0.15) is 5.76 Å². The van der Waals surface area contributed by atoms with Crippen LogP contribution in [0.4, 0.5) is 5.69 Å². The van der Waals surface area contributed by atoms with Gasteiger partial charge in [-0.15, -0.1) is 0 Å². The summed E-state index contributed by atoms with van der Waals surface area (Å²) in [6, 6.07) is 10.5. The van der Waals surface area contributed by atoms with Crippen LogP contribution < -0.4 is 10.6 Å². The van der Waals surface area contributed by atoms with Crippen LogP contribution in [0.25, 0.3) is 0 Å². The molecular weight excluding hydrogens is 296 g/mol. The van der Waals surface area contributed by atoms with E-state index in [0.29, 0.717) is 31.7 Å². The second-order valence-electron chi connectivity index (χ2n) is 4.83. The Kier molecular flexibility index (Phi) is 6.23. The molecule has 1 heterocycles. The van der Waals surface area contributed by atoms with Gasteiger partial charge >= 0.3 is 5.97 Å². The fourth-order valence-electron chi connectivity index (χ4n) is 1.95. The number of carbonyl (C=O) groups excluding carboxylic acids is 2. The standard InChI is InChI=1S/C17H20N2O4/c1-2-22-17(21)13-5-7-14(8-6-13)18-10-9-16(20)19-12-15-4-3-11-23-15/h3-8,11,18H,2,9-10,12H2,1H3,(H,19,20). The first-order valence-corrected chi connectivity index (χ1v) is 7.49. The number of rotatable bonds is 8. The molecule has 1 amide bonds. The first kappa shape index (κ1) is 16.6. The SMILES string of the molecule is CCOC(=O)c1ccc(NCCC(=O)NCc2ccco2)cc1. The molecule has 0 bridgehead atoms. The normalized spacial score (nSPS) is 10.1. The van der Waals surface area contributed by atoms with Crippen LogP contribution in [0.15, 0.2) is 47.1 Å². The Labute approximate surface area is 134 Å². The fourth-order valence-corrected chi connectivity index (χ4v) is 1.95. The number of nitrogens with one attached hydrogen (secondary N) is 2. The third-order valence-electron chi connectivity index (χ3n) is 3.12. The Bertz CT molecular complexity index is 621. The highest BCUT2D eigenvalue weighted by Crippen LogP contribution is 2.10. The van der Waals surface area contributed by atoms with Crippen molar-refractivity contribution in [2.75, 3.05) is 18.5 Å². The lowest BCUT2D eigenvalue weighted by Gasteiger charge is -2.08. The van der Waals surface area contributed by atoms with Crippen LogP contribution >= 0.6 is 0 Å². The van der Waals surface area contributed by atoms with Gasteiger partial charge in [-0.2, -0.15) is 0 Å². The maximum atomic E-state index is 11.7. The van der Waals surface area contributed by atoms with Crippen molar-refractivity contribution < 1.29 is 18.7 Å². The Morgan fingerprint density at radius 2 is 1.96 bits per heavy atom. The van der Waals surface area contributed by atoms with Gasteiger partial charge in [-0.1, -0.05) is 0 Å². The molecule has 122 valence electrons. The lowest BCUT2D eigenvalue weighted by molar-refractivity contribution is -0.121. The van der Waals surface area contributed by atoms with Crippen molar-refractivity contribution in [3.63, 3.8) is 0 Å². The summed E-state index contributed by atoms with van der Waals surface area (Å²) in [5, 5.41) is 5.91. The number of furan rings is 1. The van der Waals surface area contributed by atoms with Crippen molar-refractivity contribution in [1.82, 2.24) is 5.32 Å². The average molecular weight is 316 g/mol. The third kappa shape index (κ3) is 5.50. The molecule has 0 radical (unpaired) electrons. The molecule has 0 spiro atoms. The highest BCUT2D eigenvalue weighted by molar-refractivity contribution is 5.89. The van der Waals surface area contributed by atoms with Gasteiger partial charge < -0.3 is 19.8 Å². The molecule has 0 atom stereocenters. The molecule has 23 heavy (non-hydrogen) atoms. The highest BCUT2D eigenvalue weighted by atomic mass is 16.5. The zero-order valence-corrected chi connectivity index (χ0v) is 13.0. The van der Waals surface area contributed by atoms with E-state index in [4.69, 9.17) is 9.15 Å². The largest absolute Gasteiger partial charge is 0.467 e. The molecule has 0 fully saturated rings. The summed E-state index contributed by atoms with van der Waals surface area (Å²) in [6.07, 6.45) is 1.92. The van der Waals surface area contributed by atoms with E-state index in [9.17, 15) is 9.59 Å². The molecule has 2 N–H and O–H groups in total. The van der Waals surface area contributed by atoms with E-state index in [1.165, 1.54) is 0 Å². The summed E-state index contributed by atoms with van der Waals surface area (Å²) < 4.78 is 10.1. The van der Waals surface area contributed by atoms with E-state index >= 15 is 0 Å². The van der Waals surface area contributed by atoms with Crippen LogP contribution in [-0.4, -0.2) is 25.0 Å². The van der Waals surface area contributed by atoms with Crippen molar-refractivity contribution >= 4 is 17.6 Å². The van der Waals surface area contributed by atoms with Crippen molar-refractivity contribution in [3.05, 3.63) is 54.0 Å². The lowest BCUT2D eigenvalue weighted by atomic mass is 10.2. The molecule has 0 saturated heterocycles. The van der Waals surface area contributed by atoms with Gasteiger partial charge in [-0.3, -0.25) is 4.79 Å². The van der Waals surface area contributed by atoms with E-state index in [2.05, 4.69) is 10.6 Å². The third-order valence-corrected chi connectivity index (χ3v) is 3.12. The van der Waals surface area contributed by atoms with Crippen molar-refractivity contribution in [2.45, 2.75) is 19.9 Å². The zero-order chi connectivity index (χ0) is 16.5. The van der Waals surface area contributed by atoms with Gasteiger partial charge in [0.25, 0.3) is 0 Å². The molecule has 6 nitrogen and oxygen atoms in total. The molecule has 6 heteroatoms. The highest BCUT2D eigenvalue weighted by Gasteiger charge is 2.06. The summed E-state index contributed by atoms with van der Waals surface area (Å²) in [6.45, 7) is 3.01. The number of benzene rings is 1. The monoisotopic (exact) mass is 316 g/mol. The summed E-state index contributed by atoms with van der Waals surface area (Å²) in [5.41, 5.74) is 1.35. The summed E-state index contributed by atoms with van der Waals surface area (Å²) >= 11 is 0. The summed E-state index contributed by atoms with van der Waals surface area (Å²) in [7, 11) is 0. The summed E-state index contributed by atoms with van der Waals surface area (Å²) in [5.74, 6) is 0.328. The molecule has 2 rings (SSSR count). The number of anilines is 1. The predicted octanol–water partition coefficient (Wildman–Crippen LogP) is 2.57.